The van der Waals surface area contributed by atoms with E-state index >= 15 is 0 Å². The Labute approximate surface area is 236 Å². The van der Waals surface area contributed by atoms with Crippen LogP contribution in [0.5, 0.6) is 0 Å². The smallest absolute Gasteiger partial charge is 0.277 e. The van der Waals surface area contributed by atoms with Crippen molar-refractivity contribution >= 4 is 72.6 Å². The van der Waals surface area contributed by atoms with Crippen molar-refractivity contribution in [3.63, 3.8) is 0 Å². The Morgan fingerprint density at radius 1 is 1.00 bits per heavy atom. The molecule has 0 fully saturated rings. The van der Waals surface area contributed by atoms with Gasteiger partial charge >= 0.3 is 0 Å². The zero-order valence-electron chi connectivity index (χ0n) is 19.0. The minimum Gasteiger partial charge on any atom is -0.324 e. The van der Waals surface area contributed by atoms with Gasteiger partial charge in [-0.05, 0) is 68.3 Å². The molecule has 0 radical (unpaired) electrons. The van der Waals surface area contributed by atoms with Gasteiger partial charge in [0, 0.05) is 22.4 Å². The minimum absolute atomic E-state index is 0.0221. The number of nitrogens with one attached hydrogen (secondary N) is 3. The van der Waals surface area contributed by atoms with Crippen LogP contribution in [-0.2, 0) is 9.63 Å². The molecule has 38 heavy (non-hydrogen) atoms. The van der Waals surface area contributed by atoms with E-state index in [1.807, 2.05) is 0 Å². The average Bonchev–Trinajstić information content (AvgIpc) is 3.27. The third-order valence-electron chi connectivity index (χ3n) is 4.82. The fourth-order valence-corrected chi connectivity index (χ4v) is 4.32. The van der Waals surface area contributed by atoms with Crippen LogP contribution in [0, 0.1) is 5.82 Å². The van der Waals surface area contributed by atoms with Crippen LogP contribution in [-0.4, -0.2) is 39.1 Å². The molecule has 3 N–H and O–H groups in total. The van der Waals surface area contributed by atoms with E-state index in [1.165, 1.54) is 16.9 Å². The van der Waals surface area contributed by atoms with Crippen molar-refractivity contribution in [2.45, 2.75) is 0 Å². The van der Waals surface area contributed by atoms with E-state index in [0.29, 0.717) is 10.3 Å². The molecule has 2 heterocycles. The lowest BCUT2D eigenvalue weighted by Gasteiger charge is -2.14. The van der Waals surface area contributed by atoms with E-state index in [2.05, 4.69) is 58.1 Å². The molecule has 194 valence electrons. The second-order valence-electron chi connectivity index (χ2n) is 7.47. The molecule has 2 aromatic carbocycles. The quantitative estimate of drug-likeness (QED) is 0.224. The lowest BCUT2D eigenvalue weighted by molar-refractivity contribution is -0.122. The van der Waals surface area contributed by atoms with Crippen molar-refractivity contribution in [2.24, 2.45) is 0 Å². The molecule has 0 atom stereocenters. The van der Waals surface area contributed by atoms with Gasteiger partial charge in [-0.15, -0.1) is 0 Å². The fourth-order valence-electron chi connectivity index (χ4n) is 3.21. The summed E-state index contributed by atoms with van der Waals surface area (Å²) in [6.07, 6.45) is 1.48. The van der Waals surface area contributed by atoms with Crippen LogP contribution in [0.15, 0.2) is 75.9 Å². The van der Waals surface area contributed by atoms with Crippen LogP contribution in [0.25, 0.3) is 5.82 Å². The van der Waals surface area contributed by atoms with Gasteiger partial charge in [0.05, 0.1) is 16.3 Å². The number of carbonyl (C=O) groups excluding carboxylic acids is 3. The first-order chi connectivity index (χ1) is 18.2. The molecule has 3 amide bonds. The molecule has 0 unspecified atom stereocenters. The maximum atomic E-state index is 14.2. The number of rotatable bonds is 8. The summed E-state index contributed by atoms with van der Waals surface area (Å²) in [5.41, 5.74) is 2.33. The molecule has 0 saturated heterocycles. The Morgan fingerprint density at radius 3 is 2.50 bits per heavy atom. The van der Waals surface area contributed by atoms with Gasteiger partial charge in [-0.25, -0.2) is 19.5 Å². The lowest BCUT2D eigenvalue weighted by Crippen LogP contribution is -2.30. The lowest BCUT2D eigenvalue weighted by atomic mass is 10.1. The summed E-state index contributed by atoms with van der Waals surface area (Å²) in [7, 11) is 0. The number of pyridine rings is 1. The largest absolute Gasteiger partial charge is 0.324 e. The number of para-hydroxylation sites is 1. The van der Waals surface area contributed by atoms with Gasteiger partial charge in [0.2, 0.25) is 0 Å². The van der Waals surface area contributed by atoms with Gasteiger partial charge in [-0.1, -0.05) is 29.8 Å². The van der Waals surface area contributed by atoms with Crippen LogP contribution in [0.2, 0.25) is 5.02 Å². The summed E-state index contributed by atoms with van der Waals surface area (Å²) in [5, 5.41) is 9.61. The van der Waals surface area contributed by atoms with Crippen LogP contribution in [0.3, 0.4) is 0 Å². The van der Waals surface area contributed by atoms with E-state index in [9.17, 15) is 18.8 Å². The topological polar surface area (TPSA) is 127 Å². The van der Waals surface area contributed by atoms with Crippen molar-refractivity contribution in [2.75, 3.05) is 17.2 Å². The highest BCUT2D eigenvalue weighted by molar-refractivity contribution is 9.10. The zero-order chi connectivity index (χ0) is 27.2. The SMILES string of the molecule is O=C(CONC(=O)c1cc(F)cc(Br)c1NC(=O)c1cc(Br)nn1-c1ncccc1Cl)Nc1ccccc1. The molecule has 0 aliphatic rings. The normalized spacial score (nSPS) is 10.6. The average molecular weight is 667 g/mol. The Bertz CT molecular complexity index is 1520. The van der Waals surface area contributed by atoms with E-state index in [-0.39, 0.29) is 32.3 Å². The Kier molecular flexibility index (Phi) is 8.84. The van der Waals surface area contributed by atoms with Crippen LogP contribution >= 0.6 is 43.5 Å². The minimum atomic E-state index is -0.907. The van der Waals surface area contributed by atoms with Gasteiger partial charge in [-0.3, -0.25) is 19.2 Å². The van der Waals surface area contributed by atoms with E-state index in [4.69, 9.17) is 16.4 Å². The number of hydroxylamine groups is 1. The predicted molar refractivity (Wildman–Crippen MR) is 145 cm³/mol. The van der Waals surface area contributed by atoms with Crippen molar-refractivity contribution < 1.29 is 23.6 Å². The number of nitrogens with zero attached hydrogens (tertiary/aromatic N) is 3. The van der Waals surface area contributed by atoms with Gasteiger partial charge in [0.25, 0.3) is 17.7 Å². The Hall–Kier alpha value is -3.65. The molecule has 2 aromatic heterocycles. The number of hydrogen-bond donors (Lipinski definition) is 3. The number of benzene rings is 2. The predicted octanol–water partition coefficient (Wildman–Crippen LogP) is 5.14. The number of aromatic nitrogens is 3. The van der Waals surface area contributed by atoms with Gasteiger partial charge in [-0.2, -0.15) is 5.10 Å². The number of halogens is 4. The van der Waals surface area contributed by atoms with Gasteiger partial charge < -0.3 is 10.6 Å². The summed E-state index contributed by atoms with van der Waals surface area (Å²) in [5.74, 6) is -2.69. The van der Waals surface area contributed by atoms with Crippen molar-refractivity contribution in [3.05, 3.63) is 98.0 Å². The Balaban J connectivity index is 1.51. The molecule has 0 aliphatic carbocycles. The number of hydrogen-bond acceptors (Lipinski definition) is 6. The molecular formula is C24H16Br2ClFN6O4. The maximum Gasteiger partial charge on any atom is 0.277 e. The van der Waals surface area contributed by atoms with Crippen molar-refractivity contribution in [3.8, 4) is 5.82 Å². The maximum absolute atomic E-state index is 14.2. The standard InChI is InChI=1S/C24H16Br2ClFN6O4/c25-16-10-13(28)9-15(23(36)33-38-12-20(35)30-14-5-2-1-3-6-14)21(16)31-24(37)18-11-19(26)32-34(18)22-17(27)7-4-8-29-22/h1-11H,12H2,(H,30,35)(H,31,37)(H,33,36). The van der Waals surface area contributed by atoms with Gasteiger partial charge in [0.15, 0.2) is 12.4 Å². The molecule has 4 rings (SSSR count). The summed E-state index contributed by atoms with van der Waals surface area (Å²) in [6, 6.07) is 15.3. The first-order valence-electron chi connectivity index (χ1n) is 10.7. The van der Waals surface area contributed by atoms with E-state index in [0.717, 1.165) is 12.1 Å². The Morgan fingerprint density at radius 2 is 1.76 bits per heavy atom. The number of anilines is 2. The van der Waals surface area contributed by atoms with E-state index < -0.39 is 30.1 Å². The zero-order valence-corrected chi connectivity index (χ0v) is 23.0. The third-order valence-corrected chi connectivity index (χ3v) is 6.12. The number of carbonyl (C=O) groups is 3. The van der Waals surface area contributed by atoms with Crippen molar-refractivity contribution in [1.82, 2.24) is 20.2 Å². The summed E-state index contributed by atoms with van der Waals surface area (Å²) < 4.78 is 15.8. The van der Waals surface area contributed by atoms with E-state index in [1.54, 1.807) is 42.5 Å². The first kappa shape index (κ1) is 27.4. The summed E-state index contributed by atoms with van der Waals surface area (Å²) in [4.78, 5) is 47.2. The molecule has 14 heteroatoms. The summed E-state index contributed by atoms with van der Waals surface area (Å²) in [6.45, 7) is -0.517. The molecular weight excluding hydrogens is 651 g/mol. The molecule has 0 bridgehead atoms. The van der Waals surface area contributed by atoms with Crippen LogP contribution < -0.4 is 16.1 Å². The highest BCUT2D eigenvalue weighted by atomic mass is 79.9. The monoisotopic (exact) mass is 664 g/mol. The van der Waals surface area contributed by atoms with Gasteiger partial charge in [0.1, 0.15) is 16.1 Å². The molecule has 10 nitrogen and oxygen atoms in total. The highest BCUT2D eigenvalue weighted by Crippen LogP contribution is 2.30. The molecule has 0 spiro atoms. The summed E-state index contributed by atoms with van der Waals surface area (Å²) >= 11 is 12.6. The molecule has 0 aliphatic heterocycles. The second-order valence-corrected chi connectivity index (χ2v) is 9.55. The number of amides is 3. The molecule has 4 aromatic rings. The third kappa shape index (κ3) is 6.61. The van der Waals surface area contributed by atoms with Crippen LogP contribution in [0.4, 0.5) is 15.8 Å². The fraction of sp³-hybridized carbons (Fsp3) is 0.0417. The van der Waals surface area contributed by atoms with Crippen LogP contribution in [0.1, 0.15) is 20.8 Å². The first-order valence-corrected chi connectivity index (χ1v) is 12.6. The highest BCUT2D eigenvalue weighted by Gasteiger charge is 2.23. The van der Waals surface area contributed by atoms with Crippen molar-refractivity contribution in [1.29, 1.82) is 0 Å². The molecule has 0 saturated carbocycles. The second kappa shape index (κ2) is 12.3.